The quantitative estimate of drug-likeness (QED) is 0.327. The van der Waals surface area contributed by atoms with Crippen molar-refractivity contribution in [3.05, 3.63) is 83.7 Å². The number of hydroxylamine groups is 2. The smallest absolute Gasteiger partial charge is 0.258 e. The second-order valence-electron chi connectivity index (χ2n) is 7.28. The lowest BCUT2D eigenvalue weighted by atomic mass is 10.1. The molecule has 0 aliphatic carbocycles. The van der Waals surface area contributed by atoms with Gasteiger partial charge in [0.15, 0.2) is 0 Å². The van der Waals surface area contributed by atoms with Crippen LogP contribution in [0.2, 0.25) is 0 Å². The van der Waals surface area contributed by atoms with E-state index >= 15 is 0 Å². The summed E-state index contributed by atoms with van der Waals surface area (Å²) >= 11 is 0. The average Bonchev–Trinajstić information content (AvgIpc) is 2.76. The first-order chi connectivity index (χ1) is 14.7. The molecule has 0 aliphatic heterocycles. The number of nitrogens with zero attached hydrogens (tertiary/aromatic N) is 3. The Kier molecular flexibility index (Phi) is 8.16. The van der Waals surface area contributed by atoms with Crippen LogP contribution in [0.4, 0.5) is 5.69 Å². The Labute approximate surface area is 185 Å². The van der Waals surface area contributed by atoms with E-state index in [9.17, 15) is 4.79 Å². The molecule has 0 aliphatic rings. The molecule has 0 saturated carbocycles. The number of aryl methyl sites for hydroxylation is 2. The van der Waals surface area contributed by atoms with E-state index in [-0.39, 0.29) is 12.5 Å². The third kappa shape index (κ3) is 5.83. The third-order valence-electron chi connectivity index (χ3n) is 5.02. The number of hydrogen-bond acceptors (Lipinski definition) is 5. The van der Waals surface area contributed by atoms with Crippen LogP contribution in [-0.4, -0.2) is 44.5 Å². The standard InChI is InChI=1S/C25H31N3O3/c1-17-11-9-10-12-23(17)25(29)28(22-14-13-18(2)24(15-22)30-7)16-19(3)26-20(4)21(5)27(6)31-8/h9-15H,4-5,16H2,1-3,6-8H3. The highest BCUT2D eigenvalue weighted by molar-refractivity contribution is 6.10. The first-order valence-corrected chi connectivity index (χ1v) is 9.91. The van der Waals surface area contributed by atoms with Gasteiger partial charge in [-0.25, -0.2) is 0 Å². The Balaban J connectivity index is 2.44. The fourth-order valence-corrected chi connectivity index (χ4v) is 3.07. The van der Waals surface area contributed by atoms with Gasteiger partial charge in [0.2, 0.25) is 0 Å². The van der Waals surface area contributed by atoms with Gasteiger partial charge in [-0.05, 0) is 44.0 Å². The highest BCUT2D eigenvalue weighted by atomic mass is 16.7. The van der Waals surface area contributed by atoms with E-state index < -0.39 is 0 Å². The summed E-state index contributed by atoms with van der Waals surface area (Å²) in [4.78, 5) is 24.9. The van der Waals surface area contributed by atoms with Crippen molar-refractivity contribution < 1.29 is 14.4 Å². The lowest BCUT2D eigenvalue weighted by molar-refractivity contribution is -0.0744. The minimum atomic E-state index is -0.114. The molecular weight excluding hydrogens is 390 g/mol. The van der Waals surface area contributed by atoms with E-state index in [1.54, 1.807) is 26.2 Å². The van der Waals surface area contributed by atoms with Gasteiger partial charge in [0.25, 0.3) is 5.91 Å². The van der Waals surface area contributed by atoms with Gasteiger partial charge >= 0.3 is 0 Å². The van der Waals surface area contributed by atoms with Crippen molar-refractivity contribution in [3.63, 3.8) is 0 Å². The molecule has 0 unspecified atom stereocenters. The molecule has 0 fully saturated rings. The number of ether oxygens (including phenoxy) is 1. The van der Waals surface area contributed by atoms with Gasteiger partial charge in [-0.3, -0.25) is 19.7 Å². The number of rotatable bonds is 9. The molecule has 6 heteroatoms. The lowest BCUT2D eigenvalue weighted by Crippen LogP contribution is -2.35. The number of aliphatic imine (C=N–C) groups is 1. The second kappa shape index (κ2) is 10.6. The highest BCUT2D eigenvalue weighted by Gasteiger charge is 2.21. The van der Waals surface area contributed by atoms with Crippen LogP contribution >= 0.6 is 0 Å². The van der Waals surface area contributed by atoms with Gasteiger partial charge in [0, 0.05) is 30.1 Å². The summed E-state index contributed by atoms with van der Waals surface area (Å²) in [5, 5.41) is 1.49. The van der Waals surface area contributed by atoms with E-state index in [2.05, 4.69) is 18.2 Å². The molecule has 2 aromatic carbocycles. The molecule has 0 radical (unpaired) electrons. The predicted octanol–water partition coefficient (Wildman–Crippen LogP) is 4.94. The lowest BCUT2D eigenvalue weighted by Gasteiger charge is -2.25. The van der Waals surface area contributed by atoms with Crippen molar-refractivity contribution in [2.45, 2.75) is 20.8 Å². The number of benzene rings is 2. The Morgan fingerprint density at radius 2 is 1.74 bits per heavy atom. The van der Waals surface area contributed by atoms with Gasteiger partial charge < -0.3 is 9.64 Å². The maximum Gasteiger partial charge on any atom is 0.258 e. The molecular formula is C25H31N3O3. The predicted molar refractivity (Wildman–Crippen MR) is 127 cm³/mol. The SMILES string of the molecule is C=C(N=C(C)CN(C(=O)c1ccccc1C)c1ccc(C)c(OC)c1)C(=C)N(C)OC. The molecule has 0 atom stereocenters. The van der Waals surface area contributed by atoms with Crippen LogP contribution in [0.5, 0.6) is 5.75 Å². The van der Waals surface area contributed by atoms with E-state index in [1.165, 1.54) is 5.06 Å². The largest absolute Gasteiger partial charge is 0.496 e. The zero-order valence-electron chi connectivity index (χ0n) is 19.2. The Bertz CT molecular complexity index is 1010. The number of anilines is 1. The molecule has 2 aromatic rings. The van der Waals surface area contributed by atoms with Gasteiger partial charge in [0.1, 0.15) is 5.75 Å². The van der Waals surface area contributed by atoms with E-state index in [4.69, 9.17) is 9.57 Å². The summed E-state index contributed by atoms with van der Waals surface area (Å²) in [7, 11) is 4.89. The molecule has 0 N–H and O–H groups in total. The number of carbonyl (C=O) groups excluding carboxylic acids is 1. The van der Waals surface area contributed by atoms with Crippen molar-refractivity contribution >= 4 is 17.3 Å². The molecule has 0 spiro atoms. The fraction of sp³-hybridized carbons (Fsp3) is 0.280. The topological polar surface area (TPSA) is 54.4 Å². The average molecular weight is 422 g/mol. The molecule has 1 amide bonds. The fourth-order valence-electron chi connectivity index (χ4n) is 3.07. The van der Waals surface area contributed by atoms with Crippen LogP contribution in [0.3, 0.4) is 0 Å². The number of amides is 1. The molecule has 164 valence electrons. The third-order valence-corrected chi connectivity index (χ3v) is 5.02. The monoisotopic (exact) mass is 421 g/mol. The molecule has 31 heavy (non-hydrogen) atoms. The minimum Gasteiger partial charge on any atom is -0.496 e. The van der Waals surface area contributed by atoms with Gasteiger partial charge in [-0.15, -0.1) is 0 Å². The van der Waals surface area contributed by atoms with Crippen LogP contribution in [-0.2, 0) is 4.84 Å². The number of likely N-dealkylation sites (N-methyl/N-ethyl adjacent to an activating group) is 1. The van der Waals surface area contributed by atoms with E-state index in [0.717, 1.165) is 16.8 Å². The molecule has 0 heterocycles. The normalized spacial score (nSPS) is 11.1. The van der Waals surface area contributed by atoms with Crippen LogP contribution in [0.15, 0.2) is 72.0 Å². The van der Waals surface area contributed by atoms with Gasteiger partial charge in [0.05, 0.1) is 32.2 Å². The molecule has 0 aromatic heterocycles. The molecule has 0 bridgehead atoms. The van der Waals surface area contributed by atoms with Crippen molar-refractivity contribution in [2.24, 2.45) is 4.99 Å². The number of methoxy groups -OCH3 is 1. The number of carbonyl (C=O) groups is 1. The zero-order valence-corrected chi connectivity index (χ0v) is 19.2. The summed E-state index contributed by atoms with van der Waals surface area (Å²) in [6, 6.07) is 13.2. The summed E-state index contributed by atoms with van der Waals surface area (Å²) in [5.74, 6) is 0.603. The van der Waals surface area contributed by atoms with Crippen LogP contribution < -0.4 is 9.64 Å². The van der Waals surface area contributed by atoms with Crippen molar-refractivity contribution in [3.8, 4) is 5.75 Å². The van der Waals surface area contributed by atoms with Crippen molar-refractivity contribution in [1.29, 1.82) is 0 Å². The Morgan fingerprint density at radius 1 is 1.06 bits per heavy atom. The zero-order chi connectivity index (χ0) is 23.1. The van der Waals surface area contributed by atoms with E-state index in [1.807, 2.05) is 63.2 Å². The summed E-state index contributed by atoms with van der Waals surface area (Å²) < 4.78 is 5.47. The number of hydrogen-bond donors (Lipinski definition) is 0. The summed E-state index contributed by atoms with van der Waals surface area (Å²) in [6.07, 6.45) is 0. The molecule has 0 saturated heterocycles. The summed E-state index contributed by atoms with van der Waals surface area (Å²) in [6.45, 7) is 13.9. The van der Waals surface area contributed by atoms with Crippen LogP contribution in [0.1, 0.15) is 28.4 Å². The first-order valence-electron chi connectivity index (χ1n) is 9.91. The Morgan fingerprint density at radius 3 is 2.35 bits per heavy atom. The van der Waals surface area contributed by atoms with Gasteiger partial charge in [-0.1, -0.05) is 37.4 Å². The molecule has 2 rings (SSSR count). The van der Waals surface area contributed by atoms with Crippen molar-refractivity contribution in [1.82, 2.24) is 5.06 Å². The highest BCUT2D eigenvalue weighted by Crippen LogP contribution is 2.27. The first kappa shape index (κ1) is 23.9. The minimum absolute atomic E-state index is 0.114. The molecule has 6 nitrogen and oxygen atoms in total. The van der Waals surface area contributed by atoms with E-state index in [0.29, 0.717) is 28.4 Å². The van der Waals surface area contributed by atoms with Crippen LogP contribution in [0.25, 0.3) is 0 Å². The summed E-state index contributed by atoms with van der Waals surface area (Å²) in [5.41, 5.74) is 4.97. The van der Waals surface area contributed by atoms with Crippen LogP contribution in [0, 0.1) is 13.8 Å². The van der Waals surface area contributed by atoms with Gasteiger partial charge in [-0.2, -0.15) is 0 Å². The maximum atomic E-state index is 13.5. The second-order valence-corrected chi connectivity index (χ2v) is 7.28. The van der Waals surface area contributed by atoms with Crippen molar-refractivity contribution in [2.75, 3.05) is 32.7 Å². The Hall–Kier alpha value is -3.38. The maximum absolute atomic E-state index is 13.5.